The van der Waals surface area contributed by atoms with Gasteiger partial charge in [-0.15, -0.1) is 0 Å². The molecule has 0 bridgehead atoms. The van der Waals surface area contributed by atoms with Crippen molar-refractivity contribution in [2.24, 2.45) is 5.92 Å². The molecule has 3 atom stereocenters. The summed E-state index contributed by atoms with van der Waals surface area (Å²) >= 11 is 0. The van der Waals surface area contributed by atoms with Crippen molar-refractivity contribution < 1.29 is 46.9 Å². The smallest absolute Gasteiger partial charge is 0.477 e. The monoisotopic (exact) mass is 703 g/mol. The fraction of sp³-hybridized carbons (Fsp3) is 0.387. The van der Waals surface area contributed by atoms with Gasteiger partial charge in [-0.25, -0.2) is 14.0 Å². The number of likely N-dealkylation sites (tertiary alicyclic amines) is 1. The van der Waals surface area contributed by atoms with E-state index in [9.17, 15) is 43.3 Å². The number of halogens is 1. The molecule has 4 aromatic rings. The Hall–Kier alpha value is -3.84. The molecule has 0 amide bonds. The van der Waals surface area contributed by atoms with Crippen LogP contribution < -0.4 is 21.5 Å². The van der Waals surface area contributed by atoms with Crippen LogP contribution in [-0.2, 0) is 15.7 Å². The summed E-state index contributed by atoms with van der Waals surface area (Å²) in [6.45, 7) is 1.85. The third-order valence-electron chi connectivity index (χ3n) is 9.41. The van der Waals surface area contributed by atoms with E-state index in [0.29, 0.717) is 36.4 Å². The minimum absolute atomic E-state index is 0.0282. The zero-order valence-corrected chi connectivity index (χ0v) is 27.2. The third-order valence-corrected chi connectivity index (χ3v) is 13.5. The lowest BCUT2D eigenvalue weighted by Gasteiger charge is -2.36. The second kappa shape index (κ2) is 11.9. The maximum Gasteiger partial charge on any atom is 0.519 e. The largest absolute Gasteiger partial charge is 0.519 e. The first kappa shape index (κ1) is 32.7. The van der Waals surface area contributed by atoms with Crippen molar-refractivity contribution in [2.75, 3.05) is 30.4 Å². The molecule has 0 spiro atoms. The fourth-order valence-electron chi connectivity index (χ4n) is 7.07. The van der Waals surface area contributed by atoms with Gasteiger partial charge in [-0.3, -0.25) is 18.8 Å². The van der Waals surface area contributed by atoms with Crippen molar-refractivity contribution in [1.82, 2.24) is 9.47 Å². The molecule has 2 aliphatic heterocycles. The van der Waals surface area contributed by atoms with Crippen molar-refractivity contribution in [1.29, 1.82) is 0 Å². The molecule has 1 saturated carbocycles. The van der Waals surface area contributed by atoms with Gasteiger partial charge in [0, 0.05) is 47.6 Å². The van der Waals surface area contributed by atoms with Crippen LogP contribution in [0.15, 0.2) is 61.0 Å². The number of benzene rings is 2. The first-order valence-electron chi connectivity index (χ1n) is 15.4. The molecule has 2 aromatic heterocycles. The van der Waals surface area contributed by atoms with E-state index in [-0.39, 0.29) is 52.3 Å². The van der Waals surface area contributed by atoms with Gasteiger partial charge in [-0.05, 0) is 62.4 Å². The molecule has 3 unspecified atom stereocenters. The number of pyridine rings is 1. The maximum atomic E-state index is 15.7. The van der Waals surface area contributed by atoms with Crippen LogP contribution in [-0.4, -0.2) is 66.8 Å². The predicted octanol–water partition coefficient (Wildman–Crippen LogP) is 3.52. The Kier molecular flexibility index (Phi) is 8.13. The van der Waals surface area contributed by atoms with Gasteiger partial charge >= 0.3 is 19.4 Å². The standard InChI is InChI=1S/C31H32FN3O11P2/c32-23-10-21-24(35(19-5-6-19)13-22(28(21)36)30(37)38)11-25(23)34-12-18-2-1-9-33(26(18)14-34)15-27-29(46-31(39)45-27)17-3-7-20(8-4-17)47(40,41)16-48(42,43)44/h3-4,7-8,10-11,13,18-19,26H,1-2,5-6,9,12,14-16H2,(H,37,38)(H,40,41)(H2,42,43,44). The number of carbonyl (C=O) groups is 1. The number of anilines is 1. The number of carboxylic acids is 1. The SMILES string of the molecule is O=C(O)c1cn(C2CC2)c2cc(N3CC4CCCN(Cc5oc(=O)oc5-c5ccc(P(=O)(O)CP(=O)(O)O)cc5)C4C3)c(F)cc2c1=O. The maximum absolute atomic E-state index is 15.7. The highest BCUT2D eigenvalue weighted by atomic mass is 31.2. The number of rotatable bonds is 9. The van der Waals surface area contributed by atoms with E-state index in [1.165, 1.54) is 30.5 Å². The van der Waals surface area contributed by atoms with Gasteiger partial charge in [0.1, 0.15) is 17.3 Å². The zero-order chi connectivity index (χ0) is 34.1. The van der Waals surface area contributed by atoms with Gasteiger partial charge in [-0.1, -0.05) is 12.1 Å². The van der Waals surface area contributed by atoms with Crippen molar-refractivity contribution in [3.8, 4) is 11.3 Å². The summed E-state index contributed by atoms with van der Waals surface area (Å²) in [5, 5.41) is 9.43. The highest BCUT2D eigenvalue weighted by Crippen LogP contribution is 2.54. The molecule has 48 heavy (non-hydrogen) atoms. The molecule has 2 aromatic carbocycles. The lowest BCUT2D eigenvalue weighted by atomic mass is 9.92. The fourth-order valence-corrected chi connectivity index (χ4v) is 10.3. The number of carboxylic acid groups (broad SMARTS) is 1. The Morgan fingerprint density at radius 2 is 1.73 bits per heavy atom. The van der Waals surface area contributed by atoms with Crippen LogP contribution in [0.3, 0.4) is 0 Å². The molecule has 1 aliphatic carbocycles. The number of nitrogens with zero attached hydrogens (tertiary/aromatic N) is 3. The van der Waals surface area contributed by atoms with Crippen LogP contribution in [0.25, 0.3) is 22.2 Å². The number of hydrogen-bond acceptors (Lipinski definition) is 9. The molecule has 254 valence electrons. The minimum atomic E-state index is -4.76. The van der Waals surface area contributed by atoms with Crippen molar-refractivity contribution >= 4 is 42.8 Å². The Labute approximate surface area is 271 Å². The molecule has 2 saturated heterocycles. The molecule has 14 nitrogen and oxygen atoms in total. The van der Waals surface area contributed by atoms with Crippen molar-refractivity contribution in [2.45, 2.75) is 44.3 Å². The van der Waals surface area contributed by atoms with Gasteiger partial charge in [-0.2, -0.15) is 0 Å². The summed E-state index contributed by atoms with van der Waals surface area (Å²) in [6, 6.07) is 8.09. The lowest BCUT2D eigenvalue weighted by Crippen LogP contribution is -2.44. The Morgan fingerprint density at radius 3 is 2.40 bits per heavy atom. The van der Waals surface area contributed by atoms with Crippen LogP contribution in [0.5, 0.6) is 0 Å². The van der Waals surface area contributed by atoms with E-state index in [0.717, 1.165) is 31.7 Å². The zero-order valence-electron chi connectivity index (χ0n) is 25.4. The number of aromatic carboxylic acids is 1. The number of aromatic nitrogens is 1. The molecule has 0 radical (unpaired) electrons. The quantitative estimate of drug-likeness (QED) is 0.185. The number of piperidine rings is 1. The Bertz CT molecular complexity index is 2150. The van der Waals surface area contributed by atoms with Crippen LogP contribution in [0.4, 0.5) is 10.1 Å². The first-order chi connectivity index (χ1) is 22.7. The van der Waals surface area contributed by atoms with Crippen LogP contribution in [0.2, 0.25) is 0 Å². The van der Waals surface area contributed by atoms with Gasteiger partial charge in [0.05, 0.1) is 17.7 Å². The van der Waals surface area contributed by atoms with Crippen molar-refractivity contribution in [3.63, 3.8) is 0 Å². The topological polar surface area (TPSA) is 204 Å². The lowest BCUT2D eigenvalue weighted by molar-refractivity contribution is 0.0694. The van der Waals surface area contributed by atoms with E-state index in [2.05, 4.69) is 4.90 Å². The minimum Gasteiger partial charge on any atom is -0.477 e. The van der Waals surface area contributed by atoms with E-state index < -0.39 is 43.9 Å². The van der Waals surface area contributed by atoms with Crippen LogP contribution in [0, 0.1) is 11.7 Å². The molecular weight excluding hydrogens is 671 g/mol. The van der Waals surface area contributed by atoms with Crippen molar-refractivity contribution in [3.05, 3.63) is 80.6 Å². The molecule has 4 heterocycles. The summed E-state index contributed by atoms with van der Waals surface area (Å²) in [7, 11) is -9.10. The second-order valence-electron chi connectivity index (χ2n) is 12.7. The third kappa shape index (κ3) is 6.22. The Balaban J connectivity index is 1.15. The second-order valence-corrected chi connectivity index (χ2v) is 17.1. The van der Waals surface area contributed by atoms with Gasteiger partial charge < -0.3 is 38.1 Å². The summed E-state index contributed by atoms with van der Waals surface area (Å²) in [5.41, 5.74) is 0.0666. The summed E-state index contributed by atoms with van der Waals surface area (Å²) in [5.74, 6) is -3.61. The summed E-state index contributed by atoms with van der Waals surface area (Å²) < 4.78 is 52.1. The van der Waals surface area contributed by atoms with E-state index >= 15 is 4.39 Å². The van der Waals surface area contributed by atoms with Gasteiger partial charge in [0.2, 0.25) is 12.8 Å². The van der Waals surface area contributed by atoms with Gasteiger partial charge in [0.15, 0.2) is 11.5 Å². The number of fused-ring (bicyclic) bond motifs is 2. The van der Waals surface area contributed by atoms with Crippen LogP contribution in [0.1, 0.15) is 47.8 Å². The predicted molar refractivity (Wildman–Crippen MR) is 172 cm³/mol. The normalized spacial score (nSPS) is 21.4. The highest BCUT2D eigenvalue weighted by molar-refractivity contribution is 7.77. The molecular formula is C31H32FN3O11P2. The van der Waals surface area contributed by atoms with E-state index in [1.807, 2.05) is 4.90 Å². The Morgan fingerprint density at radius 1 is 1.00 bits per heavy atom. The van der Waals surface area contributed by atoms with E-state index in [1.54, 1.807) is 10.6 Å². The average molecular weight is 704 g/mol. The summed E-state index contributed by atoms with van der Waals surface area (Å²) in [4.78, 5) is 69.5. The molecule has 7 rings (SSSR count). The first-order valence-corrected chi connectivity index (χ1v) is 19.0. The van der Waals surface area contributed by atoms with Crippen LogP contribution >= 0.6 is 15.0 Å². The van der Waals surface area contributed by atoms with Gasteiger partial charge in [0.25, 0.3) is 0 Å². The molecule has 4 N–H and O–H groups in total. The molecule has 3 fully saturated rings. The molecule has 17 heteroatoms. The highest BCUT2D eigenvalue weighted by Gasteiger charge is 2.41. The van der Waals surface area contributed by atoms with E-state index in [4.69, 9.17) is 8.83 Å². The molecule has 3 aliphatic rings. The average Bonchev–Trinajstić information content (AvgIpc) is 3.65. The number of hydrogen-bond donors (Lipinski definition) is 4. The summed E-state index contributed by atoms with van der Waals surface area (Å²) in [6.07, 6.45) is 4.75.